The zero-order chi connectivity index (χ0) is 8.55. The van der Waals surface area contributed by atoms with Crippen molar-refractivity contribution in [1.29, 1.82) is 0 Å². The summed E-state index contributed by atoms with van der Waals surface area (Å²) < 4.78 is 1.81. The maximum Gasteiger partial charge on any atom is 0.0923 e. The van der Waals surface area contributed by atoms with Crippen LogP contribution in [0.25, 0.3) is 10.9 Å². The van der Waals surface area contributed by atoms with Crippen LogP contribution in [0.4, 0.5) is 0 Å². The van der Waals surface area contributed by atoms with Crippen LogP contribution in [0, 0.1) is 0 Å². The van der Waals surface area contributed by atoms with Crippen molar-refractivity contribution in [3.63, 3.8) is 0 Å². The minimum atomic E-state index is 0. The fourth-order valence-corrected chi connectivity index (χ4v) is 1.33. The van der Waals surface area contributed by atoms with Gasteiger partial charge in [0.25, 0.3) is 0 Å². The van der Waals surface area contributed by atoms with E-state index in [2.05, 4.69) is 11.2 Å². The smallest absolute Gasteiger partial charge is 0.0923 e. The monoisotopic (exact) mass is 233 g/mol. The fourth-order valence-electron chi connectivity index (χ4n) is 1.33. The van der Waals surface area contributed by atoms with Crippen molar-refractivity contribution in [3.05, 3.63) is 30.0 Å². The van der Waals surface area contributed by atoms with E-state index in [0.29, 0.717) is 6.54 Å². The number of aromatic nitrogens is 2. The van der Waals surface area contributed by atoms with E-state index in [1.54, 1.807) is 0 Å². The molecule has 0 saturated heterocycles. The fraction of sp³-hybridized carbons (Fsp3) is 0.222. The third-order valence-electron chi connectivity index (χ3n) is 1.92. The van der Waals surface area contributed by atoms with Crippen LogP contribution in [0.5, 0.6) is 0 Å². The molecular weight excluding hydrogens is 221 g/mol. The van der Waals surface area contributed by atoms with Crippen LogP contribution < -0.4 is 5.73 Å². The first-order valence-corrected chi connectivity index (χ1v) is 3.92. The first-order valence-electron chi connectivity index (χ1n) is 3.92. The highest BCUT2D eigenvalue weighted by molar-refractivity contribution is 5.85. The van der Waals surface area contributed by atoms with Gasteiger partial charge in [0.15, 0.2) is 0 Å². The van der Waals surface area contributed by atoms with Gasteiger partial charge in [0.05, 0.1) is 5.52 Å². The molecule has 0 aliphatic heterocycles. The predicted molar refractivity (Wildman–Crippen MR) is 63.1 cm³/mol. The predicted octanol–water partition coefficient (Wildman–Crippen LogP) is 1.88. The van der Waals surface area contributed by atoms with Crippen LogP contribution >= 0.6 is 24.8 Å². The Hall–Kier alpha value is -0.770. The summed E-state index contributed by atoms with van der Waals surface area (Å²) in [6.45, 7) is 0.588. The SMILES string of the molecule is Cl.Cl.Cn1cc2cc(CN)ccc2n1. The van der Waals surface area contributed by atoms with E-state index < -0.39 is 0 Å². The number of aryl methyl sites for hydroxylation is 1. The summed E-state index contributed by atoms with van der Waals surface area (Å²) in [7, 11) is 1.92. The second-order valence-corrected chi connectivity index (χ2v) is 2.90. The molecular formula is C9H13Cl2N3. The van der Waals surface area contributed by atoms with Crippen LogP contribution in [-0.4, -0.2) is 9.78 Å². The number of nitrogens with zero attached hydrogens (tertiary/aromatic N) is 2. The molecule has 2 rings (SSSR count). The van der Waals surface area contributed by atoms with Gasteiger partial charge in [0, 0.05) is 25.2 Å². The highest BCUT2D eigenvalue weighted by Gasteiger charge is 1.97. The lowest BCUT2D eigenvalue weighted by molar-refractivity contribution is 0.780. The van der Waals surface area contributed by atoms with Crippen LogP contribution in [0.2, 0.25) is 0 Å². The Bertz CT molecular complexity index is 411. The quantitative estimate of drug-likeness (QED) is 0.818. The Morgan fingerprint density at radius 2 is 2.07 bits per heavy atom. The molecule has 0 saturated carbocycles. The summed E-state index contributed by atoms with van der Waals surface area (Å²) in [6.07, 6.45) is 1.99. The average molecular weight is 234 g/mol. The number of hydrogen-bond donors (Lipinski definition) is 1. The lowest BCUT2D eigenvalue weighted by Crippen LogP contribution is -1.94. The maximum atomic E-state index is 5.52. The molecule has 0 radical (unpaired) electrons. The molecule has 2 N–H and O–H groups in total. The van der Waals surface area contributed by atoms with Gasteiger partial charge in [-0.05, 0) is 17.7 Å². The zero-order valence-corrected chi connectivity index (χ0v) is 9.44. The van der Waals surface area contributed by atoms with E-state index in [1.807, 2.05) is 30.1 Å². The summed E-state index contributed by atoms with van der Waals surface area (Å²) in [4.78, 5) is 0. The van der Waals surface area contributed by atoms with Crippen molar-refractivity contribution in [1.82, 2.24) is 9.78 Å². The molecule has 0 amide bonds. The number of benzene rings is 1. The first kappa shape index (κ1) is 13.2. The molecule has 1 aromatic heterocycles. The van der Waals surface area contributed by atoms with Crippen LogP contribution in [-0.2, 0) is 13.6 Å². The van der Waals surface area contributed by atoms with E-state index in [-0.39, 0.29) is 24.8 Å². The number of fused-ring (bicyclic) bond motifs is 1. The molecule has 14 heavy (non-hydrogen) atoms. The summed E-state index contributed by atoms with van der Waals surface area (Å²) >= 11 is 0. The molecule has 0 bridgehead atoms. The standard InChI is InChI=1S/C9H11N3.2ClH/c1-12-6-8-4-7(5-10)2-3-9(8)11-12;;/h2-4,6H,5,10H2,1H3;2*1H. The zero-order valence-electron chi connectivity index (χ0n) is 7.80. The van der Waals surface area contributed by atoms with Crippen molar-refractivity contribution in [2.45, 2.75) is 6.54 Å². The molecule has 0 unspecified atom stereocenters. The number of halogens is 2. The molecule has 1 aromatic carbocycles. The number of nitrogens with two attached hydrogens (primary N) is 1. The first-order chi connectivity index (χ1) is 5.79. The minimum absolute atomic E-state index is 0. The Morgan fingerprint density at radius 3 is 2.71 bits per heavy atom. The lowest BCUT2D eigenvalue weighted by Gasteiger charge is -1.93. The van der Waals surface area contributed by atoms with E-state index in [0.717, 1.165) is 16.5 Å². The molecule has 0 aliphatic carbocycles. The third kappa shape index (κ3) is 2.38. The van der Waals surface area contributed by atoms with Crippen LogP contribution in [0.3, 0.4) is 0 Å². The maximum absolute atomic E-state index is 5.52. The second kappa shape index (κ2) is 5.20. The van der Waals surface area contributed by atoms with Gasteiger partial charge in [0.2, 0.25) is 0 Å². The van der Waals surface area contributed by atoms with E-state index in [1.165, 1.54) is 0 Å². The highest BCUT2D eigenvalue weighted by atomic mass is 35.5. The molecule has 3 nitrogen and oxygen atoms in total. The second-order valence-electron chi connectivity index (χ2n) is 2.90. The van der Waals surface area contributed by atoms with Crippen molar-refractivity contribution < 1.29 is 0 Å². The summed E-state index contributed by atoms with van der Waals surface area (Å²) in [5.74, 6) is 0. The topological polar surface area (TPSA) is 43.8 Å². The van der Waals surface area contributed by atoms with Crippen molar-refractivity contribution >= 4 is 35.7 Å². The molecule has 5 heteroatoms. The molecule has 2 aromatic rings. The lowest BCUT2D eigenvalue weighted by atomic mass is 10.2. The molecule has 1 heterocycles. The summed E-state index contributed by atoms with van der Waals surface area (Å²) in [6, 6.07) is 6.08. The van der Waals surface area contributed by atoms with Gasteiger partial charge in [-0.2, -0.15) is 5.10 Å². The van der Waals surface area contributed by atoms with Gasteiger partial charge >= 0.3 is 0 Å². The summed E-state index contributed by atoms with van der Waals surface area (Å²) in [5, 5.41) is 5.42. The van der Waals surface area contributed by atoms with Gasteiger partial charge in [0.1, 0.15) is 0 Å². The van der Waals surface area contributed by atoms with Crippen molar-refractivity contribution in [3.8, 4) is 0 Å². The van der Waals surface area contributed by atoms with Gasteiger partial charge < -0.3 is 5.73 Å². The van der Waals surface area contributed by atoms with Gasteiger partial charge in [-0.25, -0.2) is 0 Å². The number of rotatable bonds is 1. The molecule has 0 spiro atoms. The number of hydrogen-bond acceptors (Lipinski definition) is 2. The summed E-state index contributed by atoms with van der Waals surface area (Å²) in [5.41, 5.74) is 7.69. The van der Waals surface area contributed by atoms with Crippen LogP contribution in [0.1, 0.15) is 5.56 Å². The normalized spacial score (nSPS) is 9.29. The largest absolute Gasteiger partial charge is 0.326 e. The molecule has 78 valence electrons. The Morgan fingerprint density at radius 1 is 1.36 bits per heavy atom. The highest BCUT2D eigenvalue weighted by Crippen LogP contribution is 2.13. The van der Waals surface area contributed by atoms with Crippen LogP contribution in [0.15, 0.2) is 24.4 Å². The van der Waals surface area contributed by atoms with E-state index in [4.69, 9.17) is 5.73 Å². The third-order valence-corrected chi connectivity index (χ3v) is 1.92. The van der Waals surface area contributed by atoms with Crippen molar-refractivity contribution in [2.24, 2.45) is 12.8 Å². The van der Waals surface area contributed by atoms with E-state index >= 15 is 0 Å². The molecule has 0 atom stereocenters. The van der Waals surface area contributed by atoms with Gasteiger partial charge in [-0.1, -0.05) is 6.07 Å². The average Bonchev–Trinajstić information content (AvgIpc) is 2.43. The van der Waals surface area contributed by atoms with Gasteiger partial charge in [-0.15, -0.1) is 24.8 Å². The Kier molecular flexibility index (Phi) is 4.91. The minimum Gasteiger partial charge on any atom is -0.326 e. The Labute approximate surface area is 95.1 Å². The van der Waals surface area contributed by atoms with Crippen molar-refractivity contribution in [2.75, 3.05) is 0 Å². The molecule has 0 aliphatic rings. The van der Waals surface area contributed by atoms with Gasteiger partial charge in [-0.3, -0.25) is 4.68 Å². The Balaban J connectivity index is 0.000000845. The molecule has 0 fully saturated rings. The van der Waals surface area contributed by atoms with E-state index in [9.17, 15) is 0 Å².